The fourth-order valence-electron chi connectivity index (χ4n) is 2.03. The molecule has 138 valence electrons. The quantitative estimate of drug-likeness (QED) is 0.559. The molecule has 0 bridgehead atoms. The number of esters is 1. The van der Waals surface area contributed by atoms with Crippen molar-refractivity contribution in [3.63, 3.8) is 0 Å². The molecule has 0 aromatic heterocycles. The van der Waals surface area contributed by atoms with Crippen LogP contribution in [0.2, 0.25) is 0 Å². The Morgan fingerprint density at radius 3 is 2.50 bits per heavy atom. The predicted octanol–water partition coefficient (Wildman–Crippen LogP) is 3.89. The van der Waals surface area contributed by atoms with E-state index in [1.807, 2.05) is 6.92 Å². The summed E-state index contributed by atoms with van der Waals surface area (Å²) in [4.78, 5) is 24.3. The molecule has 7 heteroatoms. The van der Waals surface area contributed by atoms with Gasteiger partial charge in [0.2, 0.25) is 0 Å². The van der Waals surface area contributed by atoms with Crippen LogP contribution in [0.1, 0.15) is 13.8 Å². The van der Waals surface area contributed by atoms with Crippen molar-refractivity contribution in [2.24, 2.45) is 0 Å². The molecule has 0 spiro atoms. The summed E-state index contributed by atoms with van der Waals surface area (Å²) in [5.41, 5.74) is 0.571. The molecule has 0 aliphatic heterocycles. The Hall–Kier alpha value is -2.54. The molecular weight excluding hydrogens is 357 g/mol. The summed E-state index contributed by atoms with van der Waals surface area (Å²) in [5.74, 6) is -0.811. The van der Waals surface area contributed by atoms with Crippen LogP contribution in [0.5, 0.6) is 5.75 Å². The molecule has 1 amide bonds. The lowest BCUT2D eigenvalue weighted by Gasteiger charge is -2.14. The van der Waals surface area contributed by atoms with Gasteiger partial charge in [-0.3, -0.25) is 9.59 Å². The number of hydrogen-bond donors (Lipinski definition) is 1. The van der Waals surface area contributed by atoms with Crippen molar-refractivity contribution in [1.29, 1.82) is 0 Å². The Kier molecular flexibility index (Phi) is 7.47. The third kappa shape index (κ3) is 6.07. The molecule has 0 aliphatic rings. The molecule has 0 fully saturated rings. The molecular formula is C19H20FNO4S. The largest absolute Gasteiger partial charge is 0.494 e. The van der Waals surface area contributed by atoms with E-state index in [0.717, 1.165) is 11.8 Å². The summed E-state index contributed by atoms with van der Waals surface area (Å²) in [6.45, 7) is 3.93. The molecule has 0 unspecified atom stereocenters. The molecule has 0 saturated heterocycles. The van der Waals surface area contributed by atoms with Crippen molar-refractivity contribution < 1.29 is 23.5 Å². The molecule has 26 heavy (non-hydrogen) atoms. The Morgan fingerprint density at radius 1 is 1.15 bits per heavy atom. The normalized spacial score (nSPS) is 11.5. The SMILES string of the molecule is CCOc1ccc(NC(=O)[C@H](C)OC(=O)CSc2ccccc2F)cc1. The Labute approximate surface area is 155 Å². The van der Waals surface area contributed by atoms with Gasteiger partial charge < -0.3 is 14.8 Å². The molecule has 0 radical (unpaired) electrons. The Bertz CT molecular complexity index is 751. The summed E-state index contributed by atoms with van der Waals surface area (Å²) in [6, 6.07) is 13.0. The van der Waals surface area contributed by atoms with Gasteiger partial charge in [-0.1, -0.05) is 12.1 Å². The minimum absolute atomic E-state index is 0.0817. The number of nitrogens with one attached hydrogen (secondary N) is 1. The second-order valence-electron chi connectivity index (χ2n) is 5.30. The first-order chi connectivity index (χ1) is 12.5. The fourth-order valence-corrected chi connectivity index (χ4v) is 2.75. The van der Waals surface area contributed by atoms with Gasteiger partial charge in [0.15, 0.2) is 6.10 Å². The highest BCUT2D eigenvalue weighted by Crippen LogP contribution is 2.21. The number of thioether (sulfide) groups is 1. The Morgan fingerprint density at radius 2 is 1.85 bits per heavy atom. The summed E-state index contributed by atoms with van der Waals surface area (Å²) < 4.78 is 23.9. The third-order valence-corrected chi connectivity index (χ3v) is 4.31. The van der Waals surface area contributed by atoms with Crippen LogP contribution in [0.4, 0.5) is 10.1 Å². The number of anilines is 1. The lowest BCUT2D eigenvalue weighted by Crippen LogP contribution is -2.30. The molecule has 2 aromatic carbocycles. The number of carbonyl (C=O) groups is 2. The fraction of sp³-hybridized carbons (Fsp3) is 0.263. The van der Waals surface area contributed by atoms with Gasteiger partial charge in [-0.15, -0.1) is 11.8 Å². The Balaban J connectivity index is 1.80. The van der Waals surface area contributed by atoms with E-state index in [2.05, 4.69) is 5.32 Å². The second kappa shape index (κ2) is 9.82. The van der Waals surface area contributed by atoms with Crippen molar-refractivity contribution in [2.45, 2.75) is 24.8 Å². The predicted molar refractivity (Wildman–Crippen MR) is 98.9 cm³/mol. The zero-order chi connectivity index (χ0) is 18.9. The van der Waals surface area contributed by atoms with Crippen LogP contribution in [0, 0.1) is 5.82 Å². The van der Waals surface area contributed by atoms with E-state index in [1.54, 1.807) is 42.5 Å². The molecule has 5 nitrogen and oxygen atoms in total. The van der Waals surface area contributed by atoms with Crippen molar-refractivity contribution in [1.82, 2.24) is 0 Å². The van der Waals surface area contributed by atoms with E-state index in [0.29, 0.717) is 22.9 Å². The average molecular weight is 377 g/mol. The van der Waals surface area contributed by atoms with Crippen LogP contribution >= 0.6 is 11.8 Å². The zero-order valence-corrected chi connectivity index (χ0v) is 15.3. The van der Waals surface area contributed by atoms with E-state index < -0.39 is 23.8 Å². The van der Waals surface area contributed by atoms with Gasteiger partial charge >= 0.3 is 5.97 Å². The molecule has 1 N–H and O–H groups in total. The summed E-state index contributed by atoms with van der Waals surface area (Å²) in [5, 5.41) is 2.66. The van der Waals surface area contributed by atoms with Gasteiger partial charge in [-0.2, -0.15) is 0 Å². The van der Waals surface area contributed by atoms with Crippen LogP contribution in [-0.4, -0.2) is 30.3 Å². The van der Waals surface area contributed by atoms with Gasteiger partial charge in [0.1, 0.15) is 11.6 Å². The van der Waals surface area contributed by atoms with Crippen LogP contribution in [0.3, 0.4) is 0 Å². The van der Waals surface area contributed by atoms with E-state index in [-0.39, 0.29) is 5.75 Å². The highest BCUT2D eigenvalue weighted by Gasteiger charge is 2.18. The van der Waals surface area contributed by atoms with Crippen LogP contribution in [-0.2, 0) is 14.3 Å². The molecule has 0 aliphatic carbocycles. The van der Waals surface area contributed by atoms with E-state index in [4.69, 9.17) is 9.47 Å². The number of carbonyl (C=O) groups excluding carboxylic acids is 2. The van der Waals surface area contributed by atoms with Crippen molar-refractivity contribution in [2.75, 3.05) is 17.7 Å². The molecule has 0 saturated carbocycles. The number of rotatable bonds is 8. The number of ether oxygens (including phenoxy) is 2. The minimum atomic E-state index is -0.963. The highest BCUT2D eigenvalue weighted by molar-refractivity contribution is 8.00. The van der Waals surface area contributed by atoms with Crippen molar-refractivity contribution >= 4 is 29.3 Å². The van der Waals surface area contributed by atoms with Gasteiger partial charge in [0, 0.05) is 10.6 Å². The number of halogens is 1. The third-order valence-electron chi connectivity index (χ3n) is 3.29. The minimum Gasteiger partial charge on any atom is -0.494 e. The monoisotopic (exact) mass is 377 g/mol. The van der Waals surface area contributed by atoms with E-state index in [9.17, 15) is 14.0 Å². The molecule has 2 aromatic rings. The number of hydrogen-bond acceptors (Lipinski definition) is 5. The van der Waals surface area contributed by atoms with Gasteiger partial charge in [-0.05, 0) is 50.2 Å². The van der Waals surface area contributed by atoms with E-state index in [1.165, 1.54) is 13.0 Å². The highest BCUT2D eigenvalue weighted by atomic mass is 32.2. The molecule has 0 heterocycles. The number of amides is 1. The maximum absolute atomic E-state index is 13.5. The lowest BCUT2D eigenvalue weighted by molar-refractivity contribution is -0.150. The summed E-state index contributed by atoms with van der Waals surface area (Å²) in [7, 11) is 0. The smallest absolute Gasteiger partial charge is 0.317 e. The van der Waals surface area contributed by atoms with Crippen molar-refractivity contribution in [3.8, 4) is 5.75 Å². The topological polar surface area (TPSA) is 64.6 Å². The maximum Gasteiger partial charge on any atom is 0.317 e. The van der Waals surface area contributed by atoms with Crippen LogP contribution in [0.15, 0.2) is 53.4 Å². The second-order valence-corrected chi connectivity index (χ2v) is 6.32. The molecule has 2 rings (SSSR count). The van der Waals surface area contributed by atoms with Crippen LogP contribution < -0.4 is 10.1 Å². The van der Waals surface area contributed by atoms with Crippen LogP contribution in [0.25, 0.3) is 0 Å². The van der Waals surface area contributed by atoms with Gasteiger partial charge in [0.05, 0.1) is 12.4 Å². The van der Waals surface area contributed by atoms with Crippen molar-refractivity contribution in [3.05, 3.63) is 54.3 Å². The van der Waals surface area contributed by atoms with Gasteiger partial charge in [-0.25, -0.2) is 4.39 Å². The first-order valence-corrected chi connectivity index (χ1v) is 9.08. The van der Waals surface area contributed by atoms with Gasteiger partial charge in [0.25, 0.3) is 5.91 Å². The van der Waals surface area contributed by atoms with E-state index >= 15 is 0 Å². The standard InChI is InChI=1S/C19H20FNO4S/c1-3-24-15-10-8-14(9-11-15)21-19(23)13(2)25-18(22)12-26-17-7-5-4-6-16(17)20/h4-11,13H,3,12H2,1-2H3,(H,21,23)/t13-/m0/s1. The average Bonchev–Trinajstić information content (AvgIpc) is 2.63. The summed E-state index contributed by atoms with van der Waals surface area (Å²) in [6.07, 6.45) is -0.963. The first kappa shape index (κ1) is 19.8. The lowest BCUT2D eigenvalue weighted by atomic mass is 10.3. The maximum atomic E-state index is 13.5. The number of benzene rings is 2. The molecule has 1 atom stereocenters. The zero-order valence-electron chi connectivity index (χ0n) is 14.5. The summed E-state index contributed by atoms with van der Waals surface area (Å²) >= 11 is 1.02. The first-order valence-electron chi connectivity index (χ1n) is 8.10.